The highest BCUT2D eigenvalue weighted by Crippen LogP contribution is 2.29. The van der Waals surface area contributed by atoms with Crippen molar-refractivity contribution in [2.75, 3.05) is 4.47 Å². The summed E-state index contributed by atoms with van der Waals surface area (Å²) in [7, 11) is -4.53. The standard InChI is InChI=1S/C14H11F3NO3S/c1-11-7-9-12(10-8-11)18(21-14(15,16)17)22(19,20)13-5-3-2-4-6-13/h2-10H,1H2. The maximum absolute atomic E-state index is 12.6. The Labute approximate surface area is 125 Å². The molecule has 0 aliphatic carbocycles. The molecule has 4 nitrogen and oxygen atoms in total. The zero-order valence-electron chi connectivity index (χ0n) is 11.1. The molecule has 2 aromatic rings. The van der Waals surface area contributed by atoms with Crippen LogP contribution in [0.25, 0.3) is 0 Å². The highest BCUT2D eigenvalue weighted by molar-refractivity contribution is 7.92. The van der Waals surface area contributed by atoms with Crippen LogP contribution in [0.1, 0.15) is 5.56 Å². The lowest BCUT2D eigenvalue weighted by Crippen LogP contribution is -2.36. The second-order valence-corrected chi connectivity index (χ2v) is 6.00. The molecule has 0 N–H and O–H groups in total. The Hall–Kier alpha value is -2.06. The van der Waals surface area contributed by atoms with Crippen LogP contribution in [0.3, 0.4) is 0 Å². The van der Waals surface area contributed by atoms with Crippen LogP contribution in [0, 0.1) is 6.92 Å². The summed E-state index contributed by atoms with van der Waals surface area (Å²) in [5.41, 5.74) is 0.237. The molecule has 0 saturated heterocycles. The molecule has 0 heterocycles. The van der Waals surface area contributed by atoms with Crippen molar-refractivity contribution in [2.45, 2.75) is 11.3 Å². The van der Waals surface area contributed by atoms with Gasteiger partial charge in [0, 0.05) is 0 Å². The van der Waals surface area contributed by atoms with Gasteiger partial charge in [0.25, 0.3) is 10.0 Å². The summed E-state index contributed by atoms with van der Waals surface area (Å²) in [6.45, 7) is 3.58. The van der Waals surface area contributed by atoms with Gasteiger partial charge in [0.05, 0.1) is 10.6 Å². The second-order valence-electron chi connectivity index (χ2n) is 4.25. The van der Waals surface area contributed by atoms with E-state index < -0.39 is 16.4 Å². The zero-order chi connectivity index (χ0) is 16.4. The van der Waals surface area contributed by atoms with Crippen LogP contribution in [0.2, 0.25) is 0 Å². The molecule has 1 radical (unpaired) electrons. The Morgan fingerprint density at radius 2 is 1.50 bits per heavy atom. The maximum atomic E-state index is 12.6. The number of sulfonamides is 1. The first-order valence-electron chi connectivity index (χ1n) is 5.98. The van der Waals surface area contributed by atoms with Crippen molar-refractivity contribution in [1.29, 1.82) is 0 Å². The molecule has 0 aliphatic rings. The Morgan fingerprint density at radius 3 is 2.00 bits per heavy atom. The lowest BCUT2D eigenvalue weighted by molar-refractivity contribution is -0.322. The molecule has 0 spiro atoms. The van der Waals surface area contributed by atoms with Gasteiger partial charge in [-0.1, -0.05) is 30.3 Å². The fraction of sp³-hybridized carbons (Fsp3) is 0.0714. The number of hydrogen-bond acceptors (Lipinski definition) is 3. The third kappa shape index (κ3) is 3.77. The Bertz CT molecular complexity index is 728. The maximum Gasteiger partial charge on any atom is 0.544 e. The second kappa shape index (κ2) is 5.98. The molecule has 0 atom stereocenters. The molecular formula is C14H11F3NO3S. The lowest BCUT2D eigenvalue weighted by Gasteiger charge is -2.24. The van der Waals surface area contributed by atoms with E-state index in [4.69, 9.17) is 0 Å². The predicted molar refractivity (Wildman–Crippen MR) is 74.1 cm³/mol. The fourth-order valence-corrected chi connectivity index (χ4v) is 2.91. The first kappa shape index (κ1) is 16.3. The van der Waals surface area contributed by atoms with Crippen LogP contribution in [-0.4, -0.2) is 14.8 Å². The van der Waals surface area contributed by atoms with Gasteiger partial charge in [-0.3, -0.25) is 0 Å². The van der Waals surface area contributed by atoms with Crippen LogP contribution >= 0.6 is 0 Å². The van der Waals surface area contributed by atoms with E-state index in [2.05, 4.69) is 11.8 Å². The average molecular weight is 330 g/mol. The van der Waals surface area contributed by atoms with Gasteiger partial charge in [-0.2, -0.15) is 13.3 Å². The SMILES string of the molecule is [CH2]c1ccc(N(OC(F)(F)F)S(=O)(=O)c2ccccc2)cc1. The lowest BCUT2D eigenvalue weighted by atomic mass is 10.2. The minimum Gasteiger partial charge on any atom is -0.199 e. The van der Waals surface area contributed by atoms with Crippen molar-refractivity contribution in [2.24, 2.45) is 0 Å². The summed E-state index contributed by atoms with van der Waals surface area (Å²) in [5.74, 6) is 0. The summed E-state index contributed by atoms with van der Waals surface area (Å²) in [6, 6.07) is 11.8. The van der Waals surface area contributed by atoms with E-state index in [1.165, 1.54) is 48.5 Å². The van der Waals surface area contributed by atoms with Crippen molar-refractivity contribution >= 4 is 15.7 Å². The molecule has 8 heteroatoms. The zero-order valence-corrected chi connectivity index (χ0v) is 11.9. The minimum absolute atomic E-state index is 0.151. The highest BCUT2D eigenvalue weighted by atomic mass is 32.2. The average Bonchev–Trinajstić information content (AvgIpc) is 2.46. The molecule has 0 saturated carbocycles. The van der Waals surface area contributed by atoms with Crippen molar-refractivity contribution in [3.63, 3.8) is 0 Å². The van der Waals surface area contributed by atoms with Crippen molar-refractivity contribution in [3.8, 4) is 0 Å². The molecule has 0 aliphatic heterocycles. The minimum atomic E-state index is -5.16. The van der Waals surface area contributed by atoms with Crippen LogP contribution in [0.5, 0.6) is 0 Å². The van der Waals surface area contributed by atoms with Gasteiger partial charge in [0.2, 0.25) is 0 Å². The Kier molecular flexibility index (Phi) is 4.43. The van der Waals surface area contributed by atoms with Gasteiger partial charge >= 0.3 is 6.36 Å². The van der Waals surface area contributed by atoms with Gasteiger partial charge in [-0.15, -0.1) is 17.6 Å². The summed E-state index contributed by atoms with van der Waals surface area (Å²) in [6.07, 6.45) is -5.16. The van der Waals surface area contributed by atoms with Gasteiger partial charge in [-0.05, 0) is 36.8 Å². The molecular weight excluding hydrogens is 319 g/mol. The molecule has 22 heavy (non-hydrogen) atoms. The molecule has 0 amide bonds. The first-order valence-corrected chi connectivity index (χ1v) is 7.42. The van der Waals surface area contributed by atoms with E-state index in [0.717, 1.165) is 0 Å². The molecule has 0 aromatic heterocycles. The quantitative estimate of drug-likeness (QED) is 0.806. The van der Waals surface area contributed by atoms with E-state index in [9.17, 15) is 21.6 Å². The largest absolute Gasteiger partial charge is 0.544 e. The molecule has 0 bridgehead atoms. The van der Waals surface area contributed by atoms with E-state index in [-0.39, 0.29) is 15.1 Å². The van der Waals surface area contributed by atoms with Gasteiger partial charge in [0.1, 0.15) is 0 Å². The van der Waals surface area contributed by atoms with E-state index >= 15 is 0 Å². The van der Waals surface area contributed by atoms with Crippen LogP contribution in [0.15, 0.2) is 59.5 Å². The first-order chi connectivity index (χ1) is 10.2. The molecule has 0 fully saturated rings. The summed E-state index contributed by atoms with van der Waals surface area (Å²) >= 11 is 0. The van der Waals surface area contributed by atoms with E-state index in [1.54, 1.807) is 6.07 Å². The predicted octanol–water partition coefficient (Wildman–Crippen LogP) is 3.52. The molecule has 2 aromatic carbocycles. The van der Waals surface area contributed by atoms with E-state index in [1.807, 2.05) is 0 Å². The van der Waals surface area contributed by atoms with Crippen molar-refractivity contribution in [1.82, 2.24) is 0 Å². The number of hydrogen-bond donors (Lipinski definition) is 0. The number of anilines is 1. The summed E-state index contributed by atoms with van der Waals surface area (Å²) in [4.78, 5) is 3.39. The number of alkyl halides is 3. The van der Waals surface area contributed by atoms with Crippen molar-refractivity contribution in [3.05, 3.63) is 67.1 Å². The highest BCUT2D eigenvalue weighted by Gasteiger charge is 2.39. The normalized spacial score (nSPS) is 12.2. The number of nitrogens with zero attached hydrogens (tertiary/aromatic N) is 1. The Balaban J connectivity index is 2.51. The van der Waals surface area contributed by atoms with Crippen molar-refractivity contribution < 1.29 is 26.4 Å². The summed E-state index contributed by atoms with van der Waals surface area (Å²) in [5, 5.41) is 0. The van der Waals surface area contributed by atoms with E-state index in [0.29, 0.717) is 5.56 Å². The molecule has 0 unspecified atom stereocenters. The molecule has 2 rings (SSSR count). The van der Waals surface area contributed by atoms with Crippen LogP contribution < -0.4 is 4.47 Å². The number of halogens is 3. The monoisotopic (exact) mass is 330 g/mol. The van der Waals surface area contributed by atoms with Gasteiger partial charge < -0.3 is 0 Å². The third-order valence-corrected chi connectivity index (χ3v) is 4.18. The topological polar surface area (TPSA) is 46.6 Å². The Morgan fingerprint density at radius 1 is 0.955 bits per heavy atom. The van der Waals surface area contributed by atoms with Crippen LogP contribution in [-0.2, 0) is 14.9 Å². The fourth-order valence-electron chi connectivity index (χ4n) is 1.64. The number of benzene rings is 2. The molecule has 117 valence electrons. The van der Waals surface area contributed by atoms with Crippen LogP contribution in [0.4, 0.5) is 18.9 Å². The number of rotatable bonds is 4. The smallest absolute Gasteiger partial charge is 0.199 e. The van der Waals surface area contributed by atoms with Gasteiger partial charge in [-0.25, -0.2) is 0 Å². The summed E-state index contributed by atoms with van der Waals surface area (Å²) < 4.78 is 62.3. The third-order valence-electron chi connectivity index (χ3n) is 2.59. The van der Waals surface area contributed by atoms with Gasteiger partial charge in [0.15, 0.2) is 0 Å².